The van der Waals surface area contributed by atoms with Gasteiger partial charge in [-0.05, 0) is 56.6 Å². The molecule has 0 saturated carbocycles. The van der Waals surface area contributed by atoms with Crippen LogP contribution >= 0.6 is 0 Å². The number of hydrogen-bond acceptors (Lipinski definition) is 3. The second-order valence-electron chi connectivity index (χ2n) is 4.41. The molecule has 1 aliphatic heterocycles. The number of aryl methyl sites for hydroxylation is 1. The van der Waals surface area contributed by atoms with E-state index in [4.69, 9.17) is 10.5 Å². The van der Waals surface area contributed by atoms with Crippen LogP contribution in [0.15, 0.2) is 18.2 Å². The minimum atomic E-state index is -0.401. The molecule has 4 heteroatoms. The van der Waals surface area contributed by atoms with Crippen molar-refractivity contribution in [1.29, 1.82) is 0 Å². The summed E-state index contributed by atoms with van der Waals surface area (Å²) in [5, 5.41) is 3.30. The molecule has 0 radical (unpaired) electrons. The molecular weight excluding hydrogens is 216 g/mol. The molecule has 1 aliphatic rings. The molecule has 2 rings (SSSR count). The zero-order chi connectivity index (χ0) is 12.3. The fourth-order valence-electron chi connectivity index (χ4n) is 2.03. The molecule has 0 unspecified atom stereocenters. The molecule has 17 heavy (non-hydrogen) atoms. The first-order valence-electron chi connectivity index (χ1n) is 5.94. The van der Waals surface area contributed by atoms with E-state index in [9.17, 15) is 4.79 Å². The molecule has 1 saturated heterocycles. The molecule has 92 valence electrons. The number of benzene rings is 1. The second kappa shape index (κ2) is 5.19. The summed E-state index contributed by atoms with van der Waals surface area (Å²) in [6.45, 7) is 3.94. The van der Waals surface area contributed by atoms with Gasteiger partial charge in [-0.3, -0.25) is 4.79 Å². The maximum atomic E-state index is 11.0. The van der Waals surface area contributed by atoms with E-state index in [1.165, 1.54) is 0 Å². The van der Waals surface area contributed by atoms with Gasteiger partial charge in [0.15, 0.2) is 0 Å². The van der Waals surface area contributed by atoms with Crippen molar-refractivity contribution in [3.8, 4) is 5.75 Å². The third kappa shape index (κ3) is 2.97. The Morgan fingerprint density at radius 1 is 1.41 bits per heavy atom. The number of piperidine rings is 1. The van der Waals surface area contributed by atoms with E-state index in [1.807, 2.05) is 13.0 Å². The summed E-state index contributed by atoms with van der Waals surface area (Å²) in [7, 11) is 0. The summed E-state index contributed by atoms with van der Waals surface area (Å²) < 4.78 is 5.93. The predicted octanol–water partition coefficient (Wildman–Crippen LogP) is 1.22. The zero-order valence-electron chi connectivity index (χ0n) is 10.0. The first-order chi connectivity index (χ1) is 8.16. The minimum Gasteiger partial charge on any atom is -0.490 e. The van der Waals surface area contributed by atoms with E-state index in [0.717, 1.165) is 37.2 Å². The summed E-state index contributed by atoms with van der Waals surface area (Å²) in [5.74, 6) is 0.448. The molecule has 0 spiro atoms. The van der Waals surface area contributed by atoms with Crippen LogP contribution in [-0.4, -0.2) is 25.1 Å². The van der Waals surface area contributed by atoms with E-state index in [0.29, 0.717) is 5.56 Å². The second-order valence-corrected chi connectivity index (χ2v) is 4.41. The van der Waals surface area contributed by atoms with Gasteiger partial charge in [-0.25, -0.2) is 0 Å². The number of primary amides is 1. The Hall–Kier alpha value is -1.55. The molecule has 0 aliphatic carbocycles. The van der Waals surface area contributed by atoms with Crippen molar-refractivity contribution in [2.75, 3.05) is 13.1 Å². The first-order valence-corrected chi connectivity index (χ1v) is 5.94. The highest BCUT2D eigenvalue weighted by Gasteiger charge is 2.15. The SMILES string of the molecule is Cc1cc(C(N)=O)ccc1OC1CCNCC1. The van der Waals surface area contributed by atoms with E-state index in [-0.39, 0.29) is 6.10 Å². The maximum Gasteiger partial charge on any atom is 0.248 e. The summed E-state index contributed by atoms with van der Waals surface area (Å²) >= 11 is 0. The smallest absolute Gasteiger partial charge is 0.248 e. The number of nitrogens with two attached hydrogens (primary N) is 1. The van der Waals surface area contributed by atoms with Crippen LogP contribution in [-0.2, 0) is 0 Å². The largest absolute Gasteiger partial charge is 0.490 e. The van der Waals surface area contributed by atoms with Crippen molar-refractivity contribution in [3.63, 3.8) is 0 Å². The average molecular weight is 234 g/mol. The summed E-state index contributed by atoms with van der Waals surface area (Å²) in [4.78, 5) is 11.0. The molecular formula is C13H18N2O2. The number of carbonyl (C=O) groups excluding carboxylic acids is 1. The van der Waals surface area contributed by atoms with E-state index < -0.39 is 5.91 Å². The number of hydrogen-bond donors (Lipinski definition) is 2. The van der Waals surface area contributed by atoms with E-state index >= 15 is 0 Å². The van der Waals surface area contributed by atoms with Crippen LogP contribution in [0.25, 0.3) is 0 Å². The number of carbonyl (C=O) groups is 1. The van der Waals surface area contributed by atoms with E-state index in [1.54, 1.807) is 12.1 Å². The van der Waals surface area contributed by atoms with Gasteiger partial charge in [-0.2, -0.15) is 0 Å². The van der Waals surface area contributed by atoms with Gasteiger partial charge in [0.1, 0.15) is 11.9 Å². The first kappa shape index (κ1) is 11.9. The maximum absolute atomic E-state index is 11.0. The van der Waals surface area contributed by atoms with Gasteiger partial charge in [0.05, 0.1) is 0 Å². The van der Waals surface area contributed by atoms with Gasteiger partial charge in [-0.15, -0.1) is 0 Å². The van der Waals surface area contributed by atoms with Crippen LogP contribution in [0.1, 0.15) is 28.8 Å². The Labute approximate surface area is 101 Å². The molecule has 0 bridgehead atoms. The molecule has 1 amide bonds. The van der Waals surface area contributed by atoms with E-state index in [2.05, 4.69) is 5.32 Å². The van der Waals surface area contributed by atoms with Crippen LogP contribution in [0, 0.1) is 6.92 Å². The standard InChI is InChI=1S/C13H18N2O2/c1-9-8-10(13(14)16)2-3-12(9)17-11-4-6-15-7-5-11/h2-3,8,11,15H,4-7H2,1H3,(H2,14,16). The lowest BCUT2D eigenvalue weighted by Crippen LogP contribution is -2.34. The number of ether oxygens (including phenoxy) is 1. The van der Waals surface area contributed by atoms with Crippen molar-refractivity contribution in [3.05, 3.63) is 29.3 Å². The zero-order valence-corrected chi connectivity index (χ0v) is 10.0. The molecule has 1 fully saturated rings. The molecule has 0 atom stereocenters. The summed E-state index contributed by atoms with van der Waals surface area (Å²) in [6.07, 6.45) is 2.32. The van der Waals surface area contributed by atoms with Gasteiger partial charge in [0, 0.05) is 5.56 Å². The molecule has 0 aromatic heterocycles. The van der Waals surface area contributed by atoms with Crippen LogP contribution in [0.3, 0.4) is 0 Å². The predicted molar refractivity (Wildman–Crippen MR) is 66.2 cm³/mol. The van der Waals surface area contributed by atoms with Crippen molar-refractivity contribution in [2.24, 2.45) is 5.73 Å². The lowest BCUT2D eigenvalue weighted by Gasteiger charge is -2.24. The minimum absolute atomic E-state index is 0.273. The van der Waals surface area contributed by atoms with Crippen LogP contribution in [0.4, 0.5) is 0 Å². The van der Waals surface area contributed by atoms with Crippen molar-refractivity contribution in [2.45, 2.75) is 25.9 Å². The van der Waals surface area contributed by atoms with Gasteiger partial charge in [-0.1, -0.05) is 0 Å². The fourth-order valence-corrected chi connectivity index (χ4v) is 2.03. The van der Waals surface area contributed by atoms with Gasteiger partial charge < -0.3 is 15.8 Å². The highest BCUT2D eigenvalue weighted by atomic mass is 16.5. The molecule has 4 nitrogen and oxygen atoms in total. The molecule has 1 aromatic rings. The van der Waals surface area contributed by atoms with Crippen LogP contribution in [0.5, 0.6) is 5.75 Å². The fraction of sp³-hybridized carbons (Fsp3) is 0.462. The number of amides is 1. The highest BCUT2D eigenvalue weighted by Crippen LogP contribution is 2.22. The van der Waals surface area contributed by atoms with Crippen molar-refractivity contribution in [1.82, 2.24) is 5.32 Å². The van der Waals surface area contributed by atoms with Gasteiger partial charge in [0.2, 0.25) is 5.91 Å². The summed E-state index contributed by atoms with van der Waals surface area (Å²) in [5.41, 5.74) is 6.72. The van der Waals surface area contributed by atoms with Crippen LogP contribution in [0.2, 0.25) is 0 Å². The van der Waals surface area contributed by atoms with Crippen molar-refractivity contribution < 1.29 is 9.53 Å². The topological polar surface area (TPSA) is 64.4 Å². The molecule has 3 N–H and O–H groups in total. The van der Waals surface area contributed by atoms with Gasteiger partial charge in [0.25, 0.3) is 0 Å². The normalized spacial score (nSPS) is 16.8. The average Bonchev–Trinajstić information content (AvgIpc) is 2.33. The van der Waals surface area contributed by atoms with Crippen LogP contribution < -0.4 is 15.8 Å². The molecule has 1 heterocycles. The quantitative estimate of drug-likeness (QED) is 0.826. The monoisotopic (exact) mass is 234 g/mol. The Morgan fingerprint density at radius 2 is 2.12 bits per heavy atom. The third-order valence-electron chi connectivity index (χ3n) is 3.04. The lowest BCUT2D eigenvalue weighted by atomic mass is 10.1. The third-order valence-corrected chi connectivity index (χ3v) is 3.04. The number of rotatable bonds is 3. The van der Waals surface area contributed by atoms with Gasteiger partial charge >= 0.3 is 0 Å². The highest BCUT2D eigenvalue weighted by molar-refractivity contribution is 5.93. The molecule has 1 aromatic carbocycles. The number of nitrogens with one attached hydrogen (secondary N) is 1. The summed E-state index contributed by atoms with van der Waals surface area (Å²) in [6, 6.07) is 5.32. The Balaban J connectivity index is 2.08. The lowest BCUT2D eigenvalue weighted by molar-refractivity contribution is 0.1000. The Morgan fingerprint density at radius 3 is 2.71 bits per heavy atom. The Bertz CT molecular complexity index is 412. The van der Waals surface area contributed by atoms with Crippen molar-refractivity contribution >= 4 is 5.91 Å². The Kier molecular flexibility index (Phi) is 3.64.